The SMILES string of the molecule is Cc1ccc(S(=O)(=O)NC2CCNCC2)cc1C(F)(F)F.Cl. The lowest BCUT2D eigenvalue weighted by molar-refractivity contribution is -0.138. The molecule has 126 valence electrons. The van der Waals surface area contributed by atoms with E-state index in [0.717, 1.165) is 0 Å². The molecule has 1 fully saturated rings. The van der Waals surface area contributed by atoms with Crippen molar-refractivity contribution in [3.05, 3.63) is 29.3 Å². The predicted molar refractivity (Wildman–Crippen MR) is 79.6 cm³/mol. The van der Waals surface area contributed by atoms with Gasteiger partial charge in [-0.05, 0) is 50.6 Å². The monoisotopic (exact) mass is 358 g/mol. The van der Waals surface area contributed by atoms with Crippen LogP contribution in [0.1, 0.15) is 24.0 Å². The molecule has 0 amide bonds. The highest BCUT2D eigenvalue weighted by Crippen LogP contribution is 2.33. The molecule has 0 aromatic heterocycles. The minimum Gasteiger partial charge on any atom is -0.317 e. The van der Waals surface area contributed by atoms with Crippen molar-refractivity contribution in [2.75, 3.05) is 13.1 Å². The maximum absolute atomic E-state index is 12.9. The zero-order valence-corrected chi connectivity index (χ0v) is 13.5. The van der Waals surface area contributed by atoms with E-state index in [9.17, 15) is 21.6 Å². The molecule has 22 heavy (non-hydrogen) atoms. The molecule has 0 spiro atoms. The number of alkyl halides is 3. The van der Waals surface area contributed by atoms with E-state index in [2.05, 4.69) is 10.0 Å². The van der Waals surface area contributed by atoms with Gasteiger partial charge in [-0.2, -0.15) is 13.2 Å². The topological polar surface area (TPSA) is 58.2 Å². The molecular weight excluding hydrogens is 341 g/mol. The van der Waals surface area contributed by atoms with Crippen LogP contribution in [0.2, 0.25) is 0 Å². The fraction of sp³-hybridized carbons (Fsp3) is 0.538. The molecule has 1 aliphatic heterocycles. The number of nitrogens with one attached hydrogen (secondary N) is 2. The number of rotatable bonds is 3. The van der Waals surface area contributed by atoms with Crippen molar-refractivity contribution in [3.63, 3.8) is 0 Å². The van der Waals surface area contributed by atoms with Crippen molar-refractivity contribution in [1.29, 1.82) is 0 Å². The van der Waals surface area contributed by atoms with Crippen molar-refractivity contribution in [1.82, 2.24) is 10.0 Å². The lowest BCUT2D eigenvalue weighted by Crippen LogP contribution is -2.42. The predicted octanol–water partition coefficient (Wildman–Crippen LogP) is 2.47. The van der Waals surface area contributed by atoms with Crippen LogP contribution in [-0.4, -0.2) is 27.5 Å². The zero-order valence-electron chi connectivity index (χ0n) is 11.9. The molecule has 2 N–H and O–H groups in total. The highest BCUT2D eigenvalue weighted by molar-refractivity contribution is 7.89. The molecule has 1 aliphatic rings. The first-order valence-corrected chi connectivity index (χ1v) is 8.09. The Morgan fingerprint density at radius 2 is 1.82 bits per heavy atom. The molecule has 4 nitrogen and oxygen atoms in total. The molecule has 1 aromatic rings. The van der Waals surface area contributed by atoms with Gasteiger partial charge in [0.15, 0.2) is 0 Å². The number of halogens is 4. The first-order valence-electron chi connectivity index (χ1n) is 6.61. The quantitative estimate of drug-likeness (QED) is 0.872. The Labute approximate surface area is 133 Å². The summed E-state index contributed by atoms with van der Waals surface area (Å²) >= 11 is 0. The van der Waals surface area contributed by atoms with Crippen molar-refractivity contribution in [3.8, 4) is 0 Å². The van der Waals surface area contributed by atoms with Crippen LogP contribution in [0.25, 0.3) is 0 Å². The summed E-state index contributed by atoms with van der Waals surface area (Å²) in [5.74, 6) is 0. The number of aryl methyl sites for hydroxylation is 1. The van der Waals surface area contributed by atoms with Crippen molar-refractivity contribution in [2.24, 2.45) is 0 Å². The Kier molecular flexibility index (Phi) is 6.26. The summed E-state index contributed by atoms with van der Waals surface area (Å²) in [5, 5.41) is 3.09. The summed E-state index contributed by atoms with van der Waals surface area (Å²) in [5.41, 5.74) is -0.918. The van der Waals surface area contributed by atoms with Gasteiger partial charge < -0.3 is 5.32 Å². The van der Waals surface area contributed by atoms with Crippen molar-refractivity contribution >= 4 is 22.4 Å². The second-order valence-electron chi connectivity index (χ2n) is 5.12. The van der Waals surface area contributed by atoms with Crippen LogP contribution >= 0.6 is 12.4 Å². The van der Waals surface area contributed by atoms with E-state index in [0.29, 0.717) is 32.0 Å². The van der Waals surface area contributed by atoms with Gasteiger partial charge in [-0.1, -0.05) is 6.07 Å². The molecule has 1 heterocycles. The molecule has 0 radical (unpaired) electrons. The third-order valence-corrected chi connectivity index (χ3v) is 5.00. The van der Waals surface area contributed by atoms with Crippen LogP contribution in [0.5, 0.6) is 0 Å². The van der Waals surface area contributed by atoms with E-state index < -0.39 is 21.8 Å². The van der Waals surface area contributed by atoms with E-state index in [1.54, 1.807) is 0 Å². The molecule has 0 unspecified atom stereocenters. The Morgan fingerprint density at radius 3 is 2.36 bits per heavy atom. The summed E-state index contributed by atoms with van der Waals surface area (Å²) in [6.07, 6.45) is -3.32. The highest BCUT2D eigenvalue weighted by atomic mass is 35.5. The largest absolute Gasteiger partial charge is 0.416 e. The molecule has 0 aliphatic carbocycles. The minimum absolute atomic E-state index is 0. The Balaban J connectivity index is 0.00000242. The molecular formula is C13H18ClF3N2O2S. The number of piperidine rings is 1. The molecule has 0 saturated carbocycles. The maximum Gasteiger partial charge on any atom is 0.416 e. The second kappa shape index (κ2) is 7.16. The number of sulfonamides is 1. The third kappa shape index (κ3) is 4.58. The van der Waals surface area contributed by atoms with Gasteiger partial charge in [-0.15, -0.1) is 12.4 Å². The zero-order chi connectivity index (χ0) is 15.7. The summed E-state index contributed by atoms with van der Waals surface area (Å²) < 4.78 is 65.4. The average molecular weight is 359 g/mol. The second-order valence-corrected chi connectivity index (χ2v) is 6.83. The van der Waals surface area contributed by atoms with E-state index in [-0.39, 0.29) is 28.9 Å². The van der Waals surface area contributed by atoms with E-state index in [1.807, 2.05) is 0 Å². The highest BCUT2D eigenvalue weighted by Gasteiger charge is 2.34. The molecule has 2 rings (SSSR count). The van der Waals surface area contributed by atoms with Gasteiger partial charge in [0.25, 0.3) is 0 Å². The Morgan fingerprint density at radius 1 is 1.23 bits per heavy atom. The summed E-state index contributed by atoms with van der Waals surface area (Å²) in [6.45, 7) is 2.68. The van der Waals surface area contributed by atoms with Crippen LogP contribution in [0, 0.1) is 6.92 Å². The molecule has 9 heteroatoms. The fourth-order valence-corrected chi connectivity index (χ4v) is 3.63. The Hall–Kier alpha value is -0.830. The number of hydrogen-bond acceptors (Lipinski definition) is 3. The molecule has 0 bridgehead atoms. The van der Waals surface area contributed by atoms with Crippen LogP contribution in [0.4, 0.5) is 13.2 Å². The van der Waals surface area contributed by atoms with E-state index in [1.165, 1.54) is 19.1 Å². The first kappa shape index (κ1) is 19.2. The summed E-state index contributed by atoms with van der Waals surface area (Å²) in [7, 11) is -3.94. The van der Waals surface area contributed by atoms with Gasteiger partial charge in [0.1, 0.15) is 0 Å². The van der Waals surface area contributed by atoms with Crippen LogP contribution in [0.3, 0.4) is 0 Å². The van der Waals surface area contributed by atoms with Crippen LogP contribution in [-0.2, 0) is 16.2 Å². The van der Waals surface area contributed by atoms with Gasteiger partial charge in [-0.3, -0.25) is 0 Å². The Bertz CT molecular complexity index is 614. The van der Waals surface area contributed by atoms with Gasteiger partial charge in [-0.25, -0.2) is 13.1 Å². The lowest BCUT2D eigenvalue weighted by atomic mass is 10.1. The fourth-order valence-electron chi connectivity index (χ4n) is 2.30. The number of hydrogen-bond donors (Lipinski definition) is 2. The number of benzene rings is 1. The molecule has 1 aromatic carbocycles. The van der Waals surface area contributed by atoms with Crippen LogP contribution < -0.4 is 10.0 Å². The van der Waals surface area contributed by atoms with Gasteiger partial charge >= 0.3 is 6.18 Å². The van der Waals surface area contributed by atoms with Crippen molar-refractivity contribution in [2.45, 2.75) is 36.9 Å². The normalized spacial score (nSPS) is 17.1. The molecule has 0 atom stereocenters. The van der Waals surface area contributed by atoms with Gasteiger partial charge in [0, 0.05) is 6.04 Å². The lowest BCUT2D eigenvalue weighted by Gasteiger charge is -2.23. The smallest absolute Gasteiger partial charge is 0.317 e. The third-order valence-electron chi connectivity index (χ3n) is 3.49. The van der Waals surface area contributed by atoms with Crippen LogP contribution in [0.15, 0.2) is 23.1 Å². The summed E-state index contributed by atoms with van der Waals surface area (Å²) in [6, 6.07) is 2.83. The van der Waals surface area contributed by atoms with E-state index in [4.69, 9.17) is 0 Å². The minimum atomic E-state index is -4.57. The summed E-state index contributed by atoms with van der Waals surface area (Å²) in [4.78, 5) is -0.348. The van der Waals surface area contributed by atoms with Gasteiger partial charge in [0.05, 0.1) is 10.5 Å². The van der Waals surface area contributed by atoms with Gasteiger partial charge in [0.2, 0.25) is 10.0 Å². The van der Waals surface area contributed by atoms with E-state index >= 15 is 0 Å². The standard InChI is InChI=1S/C13H17F3N2O2S.ClH/c1-9-2-3-11(8-12(9)13(14,15)16)21(19,20)18-10-4-6-17-7-5-10;/h2-3,8,10,17-18H,4-7H2,1H3;1H. The maximum atomic E-state index is 12.9. The average Bonchev–Trinajstić information content (AvgIpc) is 2.38. The van der Waals surface area contributed by atoms with Crippen molar-refractivity contribution < 1.29 is 21.6 Å². The first-order chi connectivity index (χ1) is 9.70. The molecule has 1 saturated heterocycles.